The van der Waals surface area contributed by atoms with E-state index in [2.05, 4.69) is 4.98 Å². The van der Waals surface area contributed by atoms with Crippen molar-refractivity contribution in [1.82, 2.24) is 4.98 Å². The SMILES string of the molecule is COc1ccc2[nH]ccc2c1Cl. The average Bonchev–Trinajstić information content (AvgIpc) is 2.53. The molecule has 0 amide bonds. The van der Waals surface area contributed by atoms with Crippen molar-refractivity contribution in [1.29, 1.82) is 0 Å². The lowest BCUT2D eigenvalue weighted by Crippen LogP contribution is -1.83. The van der Waals surface area contributed by atoms with E-state index >= 15 is 0 Å². The number of ether oxygens (including phenoxy) is 1. The van der Waals surface area contributed by atoms with Crippen molar-refractivity contribution in [2.75, 3.05) is 7.11 Å². The Labute approximate surface area is 75.1 Å². The lowest BCUT2D eigenvalue weighted by molar-refractivity contribution is 0.415. The van der Waals surface area contributed by atoms with Gasteiger partial charge in [-0.1, -0.05) is 11.6 Å². The Morgan fingerprint density at radius 3 is 2.92 bits per heavy atom. The molecule has 0 unspecified atom stereocenters. The molecule has 0 saturated heterocycles. The number of hydrogen-bond acceptors (Lipinski definition) is 1. The Hall–Kier alpha value is -1.15. The molecular formula is C9H8ClNO. The maximum atomic E-state index is 6.04. The minimum Gasteiger partial charge on any atom is -0.495 e. The van der Waals surface area contributed by atoms with Crippen LogP contribution in [0.1, 0.15) is 0 Å². The molecule has 1 N–H and O–H groups in total. The van der Waals surface area contributed by atoms with Gasteiger partial charge in [0.1, 0.15) is 5.75 Å². The molecule has 1 aromatic heterocycles. The summed E-state index contributed by atoms with van der Waals surface area (Å²) in [5.41, 5.74) is 1.03. The zero-order valence-electron chi connectivity index (χ0n) is 6.60. The molecule has 0 aliphatic heterocycles. The molecule has 12 heavy (non-hydrogen) atoms. The van der Waals surface area contributed by atoms with Crippen LogP contribution in [0.25, 0.3) is 10.9 Å². The van der Waals surface area contributed by atoms with Gasteiger partial charge in [0.2, 0.25) is 0 Å². The van der Waals surface area contributed by atoms with E-state index in [1.165, 1.54) is 0 Å². The standard InChI is InChI=1S/C9H8ClNO/c1-12-8-3-2-7-6(9(8)10)4-5-11-7/h2-5,11H,1H3. The topological polar surface area (TPSA) is 25.0 Å². The van der Waals surface area contributed by atoms with Gasteiger partial charge in [0.05, 0.1) is 12.1 Å². The highest BCUT2D eigenvalue weighted by Crippen LogP contribution is 2.31. The number of aromatic amines is 1. The van der Waals surface area contributed by atoms with Crippen LogP contribution < -0.4 is 4.74 Å². The molecule has 0 aliphatic rings. The maximum Gasteiger partial charge on any atom is 0.138 e. The number of hydrogen-bond donors (Lipinski definition) is 1. The fourth-order valence-electron chi connectivity index (χ4n) is 1.23. The quantitative estimate of drug-likeness (QED) is 0.719. The third-order valence-corrected chi connectivity index (χ3v) is 2.24. The Balaban J connectivity index is 2.78. The van der Waals surface area contributed by atoms with Gasteiger partial charge >= 0.3 is 0 Å². The Bertz CT molecular complexity index is 408. The van der Waals surface area contributed by atoms with Crippen molar-refractivity contribution in [2.45, 2.75) is 0 Å². The molecule has 0 atom stereocenters. The molecule has 1 aromatic carbocycles. The fourth-order valence-corrected chi connectivity index (χ4v) is 1.54. The first-order valence-electron chi connectivity index (χ1n) is 3.62. The summed E-state index contributed by atoms with van der Waals surface area (Å²) >= 11 is 6.04. The molecule has 0 fully saturated rings. The molecule has 0 radical (unpaired) electrons. The highest BCUT2D eigenvalue weighted by atomic mass is 35.5. The zero-order chi connectivity index (χ0) is 8.55. The van der Waals surface area contributed by atoms with Crippen molar-refractivity contribution in [2.24, 2.45) is 0 Å². The van der Waals surface area contributed by atoms with Crippen LogP contribution in [0.2, 0.25) is 5.02 Å². The highest BCUT2D eigenvalue weighted by Gasteiger charge is 2.04. The summed E-state index contributed by atoms with van der Waals surface area (Å²) in [6.07, 6.45) is 1.86. The van der Waals surface area contributed by atoms with Gasteiger partial charge in [-0.2, -0.15) is 0 Å². The number of methoxy groups -OCH3 is 1. The monoisotopic (exact) mass is 181 g/mol. The summed E-state index contributed by atoms with van der Waals surface area (Å²) < 4.78 is 5.08. The van der Waals surface area contributed by atoms with Crippen LogP contribution in [-0.4, -0.2) is 12.1 Å². The van der Waals surface area contributed by atoms with E-state index in [4.69, 9.17) is 16.3 Å². The predicted molar refractivity (Wildman–Crippen MR) is 49.9 cm³/mol. The first-order chi connectivity index (χ1) is 5.83. The molecule has 0 aliphatic carbocycles. The van der Waals surface area contributed by atoms with Gasteiger partial charge in [-0.25, -0.2) is 0 Å². The van der Waals surface area contributed by atoms with E-state index in [0.29, 0.717) is 10.8 Å². The minimum absolute atomic E-state index is 0.663. The number of halogens is 1. The lowest BCUT2D eigenvalue weighted by Gasteiger charge is -2.02. The number of benzene rings is 1. The molecule has 2 rings (SSSR count). The summed E-state index contributed by atoms with van der Waals surface area (Å²) in [5, 5.41) is 1.66. The molecule has 0 spiro atoms. The predicted octanol–water partition coefficient (Wildman–Crippen LogP) is 2.83. The molecule has 1 heterocycles. The van der Waals surface area contributed by atoms with Gasteiger partial charge in [-0.15, -0.1) is 0 Å². The molecule has 0 bridgehead atoms. The Morgan fingerprint density at radius 2 is 2.17 bits per heavy atom. The third kappa shape index (κ3) is 0.959. The molecule has 2 nitrogen and oxygen atoms in total. The van der Waals surface area contributed by atoms with Gasteiger partial charge in [0.15, 0.2) is 0 Å². The van der Waals surface area contributed by atoms with Crippen LogP contribution in [0.3, 0.4) is 0 Å². The number of rotatable bonds is 1. The van der Waals surface area contributed by atoms with Crippen LogP contribution in [0.5, 0.6) is 5.75 Å². The van der Waals surface area contributed by atoms with Gasteiger partial charge in [-0.3, -0.25) is 0 Å². The van der Waals surface area contributed by atoms with E-state index < -0.39 is 0 Å². The molecule has 3 heteroatoms. The Morgan fingerprint density at radius 1 is 1.33 bits per heavy atom. The van der Waals surface area contributed by atoms with E-state index in [9.17, 15) is 0 Å². The average molecular weight is 182 g/mol. The highest BCUT2D eigenvalue weighted by molar-refractivity contribution is 6.36. The van der Waals surface area contributed by atoms with Crippen LogP contribution in [-0.2, 0) is 0 Å². The van der Waals surface area contributed by atoms with Gasteiger partial charge in [0.25, 0.3) is 0 Å². The van der Waals surface area contributed by atoms with Gasteiger partial charge in [-0.05, 0) is 18.2 Å². The molecule has 0 saturated carbocycles. The smallest absolute Gasteiger partial charge is 0.138 e. The largest absolute Gasteiger partial charge is 0.495 e. The van der Waals surface area contributed by atoms with E-state index in [1.807, 2.05) is 24.4 Å². The van der Waals surface area contributed by atoms with Crippen molar-refractivity contribution < 1.29 is 4.74 Å². The van der Waals surface area contributed by atoms with Crippen molar-refractivity contribution in [3.63, 3.8) is 0 Å². The molecule has 2 aromatic rings. The van der Waals surface area contributed by atoms with Gasteiger partial charge < -0.3 is 9.72 Å². The number of aromatic nitrogens is 1. The summed E-state index contributed by atoms with van der Waals surface area (Å²) in [5.74, 6) is 0.712. The summed E-state index contributed by atoms with van der Waals surface area (Å²) in [7, 11) is 1.61. The van der Waals surface area contributed by atoms with Crippen molar-refractivity contribution in [3.05, 3.63) is 29.4 Å². The maximum absolute atomic E-state index is 6.04. The Kier molecular flexibility index (Phi) is 1.70. The zero-order valence-corrected chi connectivity index (χ0v) is 7.35. The first kappa shape index (κ1) is 7.50. The van der Waals surface area contributed by atoms with E-state index in [0.717, 1.165) is 10.9 Å². The number of fused-ring (bicyclic) bond motifs is 1. The summed E-state index contributed by atoms with van der Waals surface area (Å²) in [6.45, 7) is 0. The van der Waals surface area contributed by atoms with Crippen molar-refractivity contribution in [3.8, 4) is 5.75 Å². The summed E-state index contributed by atoms with van der Waals surface area (Å²) in [6, 6.07) is 5.72. The van der Waals surface area contributed by atoms with E-state index in [-0.39, 0.29) is 0 Å². The van der Waals surface area contributed by atoms with Crippen LogP contribution >= 0.6 is 11.6 Å². The van der Waals surface area contributed by atoms with E-state index in [1.54, 1.807) is 7.11 Å². The van der Waals surface area contributed by atoms with Crippen molar-refractivity contribution >= 4 is 22.5 Å². The molecular weight excluding hydrogens is 174 g/mol. The van der Waals surface area contributed by atoms with Crippen LogP contribution in [0, 0.1) is 0 Å². The first-order valence-corrected chi connectivity index (χ1v) is 4.00. The fraction of sp³-hybridized carbons (Fsp3) is 0.111. The van der Waals surface area contributed by atoms with Crippen LogP contribution in [0.15, 0.2) is 24.4 Å². The third-order valence-electron chi connectivity index (χ3n) is 1.85. The normalized spacial score (nSPS) is 10.5. The van der Waals surface area contributed by atoms with Gasteiger partial charge in [0, 0.05) is 17.1 Å². The second-order valence-corrected chi connectivity index (χ2v) is 2.90. The van der Waals surface area contributed by atoms with Crippen LogP contribution in [0.4, 0.5) is 0 Å². The number of nitrogens with one attached hydrogen (secondary N) is 1. The second-order valence-electron chi connectivity index (χ2n) is 2.52. The number of H-pyrrole nitrogens is 1. The lowest BCUT2D eigenvalue weighted by atomic mass is 10.2. The molecule has 62 valence electrons. The minimum atomic E-state index is 0.663. The summed E-state index contributed by atoms with van der Waals surface area (Å²) in [4.78, 5) is 3.07. The second kappa shape index (κ2) is 2.72.